The first kappa shape index (κ1) is 18.0. The molecule has 0 radical (unpaired) electrons. The third-order valence-corrected chi connectivity index (χ3v) is 7.88. The number of benzene rings is 2. The Morgan fingerprint density at radius 2 is 1.73 bits per heavy atom. The van der Waals surface area contributed by atoms with E-state index in [-0.39, 0.29) is 6.04 Å². The zero-order chi connectivity index (χ0) is 18.3. The van der Waals surface area contributed by atoms with Crippen molar-refractivity contribution in [3.05, 3.63) is 64.7 Å². The molecule has 26 heavy (non-hydrogen) atoms. The zero-order valence-corrected chi connectivity index (χ0v) is 16.4. The van der Waals surface area contributed by atoms with Crippen molar-refractivity contribution in [2.24, 2.45) is 0 Å². The first-order valence-electron chi connectivity index (χ1n) is 9.04. The van der Waals surface area contributed by atoms with E-state index in [2.05, 4.69) is 4.90 Å². The van der Waals surface area contributed by atoms with Crippen LogP contribution in [0.2, 0.25) is 5.02 Å². The molecule has 1 atom stereocenters. The summed E-state index contributed by atoms with van der Waals surface area (Å²) in [6, 6.07) is 15.5. The highest BCUT2D eigenvalue weighted by Gasteiger charge is 2.41. The summed E-state index contributed by atoms with van der Waals surface area (Å²) < 4.78 is 28.6. The second-order valence-electron chi connectivity index (χ2n) is 7.13. The Balaban J connectivity index is 1.73. The van der Waals surface area contributed by atoms with E-state index >= 15 is 0 Å². The number of sulfonamides is 1. The Kier molecular flexibility index (Phi) is 4.82. The quantitative estimate of drug-likeness (QED) is 0.795. The van der Waals surface area contributed by atoms with Gasteiger partial charge >= 0.3 is 0 Å². The molecule has 1 aliphatic heterocycles. The third-order valence-electron chi connectivity index (χ3n) is 5.41. The molecule has 1 heterocycles. The van der Waals surface area contributed by atoms with Gasteiger partial charge in [-0.15, -0.1) is 0 Å². The van der Waals surface area contributed by atoms with Crippen LogP contribution in [0.5, 0.6) is 0 Å². The number of nitrogens with zero attached hydrogens (tertiary/aromatic N) is 2. The maximum Gasteiger partial charge on any atom is 0.244 e. The first-order valence-corrected chi connectivity index (χ1v) is 10.9. The highest BCUT2D eigenvalue weighted by atomic mass is 35.5. The van der Waals surface area contributed by atoms with Crippen molar-refractivity contribution in [2.45, 2.75) is 36.7 Å². The molecule has 2 aromatic carbocycles. The number of hydrogen-bond donors (Lipinski definition) is 0. The van der Waals surface area contributed by atoms with Gasteiger partial charge in [-0.05, 0) is 43.0 Å². The lowest BCUT2D eigenvalue weighted by atomic mass is 10.0. The largest absolute Gasteiger partial charge is 0.297 e. The molecule has 1 unspecified atom stereocenters. The summed E-state index contributed by atoms with van der Waals surface area (Å²) in [6.45, 7) is 3.80. The predicted octanol–water partition coefficient (Wildman–Crippen LogP) is 3.86. The van der Waals surface area contributed by atoms with Crippen molar-refractivity contribution < 1.29 is 8.42 Å². The molecular weight excluding hydrogens is 368 g/mol. The van der Waals surface area contributed by atoms with E-state index in [4.69, 9.17) is 11.6 Å². The van der Waals surface area contributed by atoms with Crippen molar-refractivity contribution >= 4 is 21.6 Å². The summed E-state index contributed by atoms with van der Waals surface area (Å²) >= 11 is 6.19. The highest BCUT2D eigenvalue weighted by molar-refractivity contribution is 7.89. The minimum atomic E-state index is -3.62. The molecule has 2 aromatic rings. The SMILES string of the molecule is Cc1c(Cl)cccc1S(=O)(=O)N1CCN(C2CC2)CC1c1ccccc1. The highest BCUT2D eigenvalue weighted by Crippen LogP contribution is 2.37. The average molecular weight is 391 g/mol. The first-order chi connectivity index (χ1) is 12.5. The van der Waals surface area contributed by atoms with E-state index in [0.29, 0.717) is 28.1 Å². The van der Waals surface area contributed by atoms with Gasteiger partial charge in [-0.25, -0.2) is 8.42 Å². The molecule has 6 heteroatoms. The lowest BCUT2D eigenvalue weighted by Gasteiger charge is -2.41. The van der Waals surface area contributed by atoms with Gasteiger partial charge in [0.25, 0.3) is 0 Å². The van der Waals surface area contributed by atoms with Gasteiger partial charge in [-0.3, -0.25) is 4.90 Å². The third kappa shape index (κ3) is 3.29. The monoisotopic (exact) mass is 390 g/mol. The maximum atomic E-state index is 13.5. The predicted molar refractivity (Wildman–Crippen MR) is 104 cm³/mol. The van der Waals surface area contributed by atoms with Crippen LogP contribution in [-0.4, -0.2) is 43.3 Å². The van der Waals surface area contributed by atoms with Gasteiger partial charge in [-0.2, -0.15) is 4.31 Å². The van der Waals surface area contributed by atoms with Crippen LogP contribution < -0.4 is 0 Å². The number of rotatable bonds is 4. The van der Waals surface area contributed by atoms with Crippen LogP contribution in [0.25, 0.3) is 0 Å². The number of piperazine rings is 1. The molecule has 4 nitrogen and oxygen atoms in total. The number of halogens is 1. The van der Waals surface area contributed by atoms with E-state index in [1.54, 1.807) is 29.4 Å². The van der Waals surface area contributed by atoms with Crippen LogP contribution in [0.4, 0.5) is 0 Å². The van der Waals surface area contributed by atoms with Crippen LogP contribution in [-0.2, 0) is 10.0 Å². The summed E-state index contributed by atoms with van der Waals surface area (Å²) in [7, 11) is -3.62. The van der Waals surface area contributed by atoms with Gasteiger partial charge in [-0.1, -0.05) is 48.0 Å². The average Bonchev–Trinajstić information content (AvgIpc) is 3.49. The Hall–Kier alpha value is -1.40. The molecule has 0 N–H and O–H groups in total. The van der Waals surface area contributed by atoms with Crippen LogP contribution in [0.1, 0.15) is 30.0 Å². The second kappa shape index (κ2) is 6.97. The minimum Gasteiger partial charge on any atom is -0.297 e. The van der Waals surface area contributed by atoms with E-state index < -0.39 is 10.0 Å². The second-order valence-corrected chi connectivity index (χ2v) is 9.40. The lowest BCUT2D eigenvalue weighted by Crippen LogP contribution is -2.51. The van der Waals surface area contributed by atoms with Crippen molar-refractivity contribution in [3.63, 3.8) is 0 Å². The van der Waals surface area contributed by atoms with Crippen molar-refractivity contribution in [3.8, 4) is 0 Å². The molecule has 0 bridgehead atoms. The summed E-state index contributed by atoms with van der Waals surface area (Å²) in [4.78, 5) is 2.75. The van der Waals surface area contributed by atoms with Gasteiger partial charge in [0.1, 0.15) is 0 Å². The summed E-state index contributed by atoms with van der Waals surface area (Å²) in [5.74, 6) is 0. The summed E-state index contributed by atoms with van der Waals surface area (Å²) in [5.41, 5.74) is 1.66. The molecule has 0 spiro atoms. The van der Waals surface area contributed by atoms with E-state index in [1.807, 2.05) is 30.3 Å². The molecule has 4 rings (SSSR count). The normalized spacial score (nSPS) is 22.5. The van der Waals surface area contributed by atoms with Gasteiger partial charge in [0.05, 0.1) is 10.9 Å². The van der Waals surface area contributed by atoms with Crippen molar-refractivity contribution in [2.75, 3.05) is 19.6 Å². The molecule has 2 aliphatic rings. The van der Waals surface area contributed by atoms with Gasteiger partial charge in [0.15, 0.2) is 0 Å². The smallest absolute Gasteiger partial charge is 0.244 e. The van der Waals surface area contributed by atoms with Gasteiger partial charge in [0.2, 0.25) is 10.0 Å². The summed E-state index contributed by atoms with van der Waals surface area (Å²) in [6.07, 6.45) is 2.45. The maximum absolute atomic E-state index is 13.5. The van der Waals surface area contributed by atoms with Gasteiger partial charge in [0, 0.05) is 30.7 Å². The Bertz CT molecular complexity index is 897. The van der Waals surface area contributed by atoms with Crippen LogP contribution in [0, 0.1) is 6.92 Å². The van der Waals surface area contributed by atoms with Crippen molar-refractivity contribution in [1.29, 1.82) is 0 Å². The molecule has 1 saturated carbocycles. The number of hydrogen-bond acceptors (Lipinski definition) is 3. The fraction of sp³-hybridized carbons (Fsp3) is 0.400. The van der Waals surface area contributed by atoms with Crippen molar-refractivity contribution in [1.82, 2.24) is 9.21 Å². The van der Waals surface area contributed by atoms with Crippen LogP contribution in [0.15, 0.2) is 53.4 Å². The fourth-order valence-electron chi connectivity index (χ4n) is 3.79. The lowest BCUT2D eigenvalue weighted by molar-refractivity contribution is 0.128. The zero-order valence-electron chi connectivity index (χ0n) is 14.8. The Morgan fingerprint density at radius 1 is 1.00 bits per heavy atom. The minimum absolute atomic E-state index is 0.172. The molecule has 1 aliphatic carbocycles. The topological polar surface area (TPSA) is 40.6 Å². The summed E-state index contributed by atoms with van der Waals surface area (Å²) in [5, 5.41) is 0.485. The Labute approximate surface area is 160 Å². The Morgan fingerprint density at radius 3 is 2.42 bits per heavy atom. The molecule has 0 amide bonds. The molecule has 138 valence electrons. The molecule has 1 saturated heterocycles. The standard InChI is InChI=1S/C20H23ClN2O2S/c1-15-18(21)8-5-9-20(15)26(24,25)23-13-12-22(17-10-11-17)14-19(23)16-6-3-2-4-7-16/h2-9,17,19H,10-14H2,1H3. The molecule has 2 fully saturated rings. The van der Waals surface area contributed by atoms with Gasteiger partial charge < -0.3 is 0 Å². The van der Waals surface area contributed by atoms with E-state index in [1.165, 1.54) is 12.8 Å². The van der Waals surface area contributed by atoms with Crippen LogP contribution >= 0.6 is 11.6 Å². The fourth-order valence-corrected chi connectivity index (χ4v) is 5.86. The molecule has 0 aromatic heterocycles. The van der Waals surface area contributed by atoms with Crippen LogP contribution in [0.3, 0.4) is 0 Å². The van der Waals surface area contributed by atoms with E-state index in [9.17, 15) is 8.42 Å². The molecular formula is C20H23ClN2O2S. The van der Waals surface area contributed by atoms with E-state index in [0.717, 1.165) is 18.7 Å².